The first-order valence-corrected chi connectivity index (χ1v) is 10.0. The summed E-state index contributed by atoms with van der Waals surface area (Å²) in [5, 5.41) is 10.2. The number of hydrogen-bond donors (Lipinski definition) is 0. The lowest BCUT2D eigenvalue weighted by Crippen LogP contribution is -2.44. The molecular formula is C19H23N5OS. The van der Waals surface area contributed by atoms with Gasteiger partial charge in [-0.15, -0.1) is 11.3 Å². The van der Waals surface area contributed by atoms with Crippen LogP contribution in [0.2, 0.25) is 0 Å². The van der Waals surface area contributed by atoms with Gasteiger partial charge in [-0.3, -0.25) is 4.79 Å². The number of carbonyl (C=O) groups excluding carboxylic acids is 1. The number of nitrogens with zero attached hydrogens (tertiary/aromatic N) is 5. The van der Waals surface area contributed by atoms with Gasteiger partial charge in [0.25, 0.3) is 0 Å². The van der Waals surface area contributed by atoms with Gasteiger partial charge in [-0.1, -0.05) is 0 Å². The summed E-state index contributed by atoms with van der Waals surface area (Å²) in [6, 6.07) is 2.46. The molecule has 4 rings (SSSR count). The summed E-state index contributed by atoms with van der Waals surface area (Å²) in [5.41, 5.74) is 1.26. The lowest BCUT2D eigenvalue weighted by molar-refractivity contribution is -0.136. The molecule has 2 aromatic rings. The van der Waals surface area contributed by atoms with E-state index in [1.54, 1.807) is 22.6 Å². The molecule has 1 amide bonds. The third kappa shape index (κ3) is 3.03. The number of fused-ring (bicyclic) bond motifs is 1. The molecule has 1 saturated carbocycles. The molecule has 2 aliphatic rings. The number of rotatable bonds is 4. The summed E-state index contributed by atoms with van der Waals surface area (Å²) in [7, 11) is 0. The number of carbonyl (C=O) groups is 1. The predicted molar refractivity (Wildman–Crippen MR) is 102 cm³/mol. The second-order valence-corrected chi connectivity index (χ2v) is 8.48. The zero-order valence-electron chi connectivity index (χ0n) is 15.2. The molecule has 0 aromatic carbocycles. The number of hydrogen-bond acceptors (Lipinski definition) is 6. The molecule has 0 N–H and O–H groups in total. The first-order chi connectivity index (χ1) is 12.6. The van der Waals surface area contributed by atoms with Crippen LogP contribution in [-0.4, -0.2) is 46.5 Å². The van der Waals surface area contributed by atoms with E-state index in [0.717, 1.165) is 54.8 Å². The minimum atomic E-state index is 0.0304. The molecular weight excluding hydrogens is 346 g/mol. The van der Waals surface area contributed by atoms with E-state index < -0.39 is 0 Å². The van der Waals surface area contributed by atoms with E-state index in [-0.39, 0.29) is 18.4 Å². The molecule has 1 saturated heterocycles. The Bertz CT molecular complexity index is 874. The SMILES string of the molecule is Cc1sc2ncnc(N3CCC(C(=O)N(CC#N)C4CC4)CC3)c2c1C. The molecule has 1 aliphatic carbocycles. The first-order valence-electron chi connectivity index (χ1n) is 9.23. The summed E-state index contributed by atoms with van der Waals surface area (Å²) in [5.74, 6) is 1.20. The highest BCUT2D eigenvalue weighted by atomic mass is 32.1. The van der Waals surface area contributed by atoms with E-state index in [1.165, 1.54) is 10.4 Å². The normalized spacial score (nSPS) is 18.1. The Balaban J connectivity index is 1.49. The molecule has 1 aliphatic heterocycles. The van der Waals surface area contributed by atoms with Crippen molar-refractivity contribution in [2.24, 2.45) is 5.92 Å². The van der Waals surface area contributed by atoms with Crippen LogP contribution in [0.25, 0.3) is 10.2 Å². The molecule has 0 unspecified atom stereocenters. The number of aryl methyl sites for hydroxylation is 2. The van der Waals surface area contributed by atoms with Crippen LogP contribution in [0, 0.1) is 31.1 Å². The van der Waals surface area contributed by atoms with Gasteiger partial charge in [0.1, 0.15) is 23.5 Å². The lowest BCUT2D eigenvalue weighted by Gasteiger charge is -2.34. The Kier molecular flexibility index (Phi) is 4.53. The largest absolute Gasteiger partial charge is 0.356 e. The van der Waals surface area contributed by atoms with Crippen molar-refractivity contribution in [1.82, 2.24) is 14.9 Å². The van der Waals surface area contributed by atoms with Gasteiger partial charge in [-0.05, 0) is 45.1 Å². The van der Waals surface area contributed by atoms with Gasteiger partial charge < -0.3 is 9.80 Å². The molecule has 0 radical (unpaired) electrons. The van der Waals surface area contributed by atoms with Crippen LogP contribution < -0.4 is 4.90 Å². The van der Waals surface area contributed by atoms with E-state index in [2.05, 4.69) is 34.8 Å². The fourth-order valence-corrected chi connectivity index (χ4v) is 4.82. The van der Waals surface area contributed by atoms with E-state index in [4.69, 9.17) is 5.26 Å². The minimum absolute atomic E-state index is 0.0304. The highest BCUT2D eigenvalue weighted by Gasteiger charge is 2.37. The average molecular weight is 369 g/mol. The Morgan fingerprint density at radius 2 is 2.04 bits per heavy atom. The van der Waals surface area contributed by atoms with E-state index in [0.29, 0.717) is 6.04 Å². The van der Waals surface area contributed by atoms with E-state index in [9.17, 15) is 4.79 Å². The fraction of sp³-hybridized carbons (Fsp3) is 0.579. The second-order valence-electron chi connectivity index (χ2n) is 7.28. The number of amides is 1. The average Bonchev–Trinajstić information content (AvgIpc) is 3.45. The van der Waals surface area contributed by atoms with Crippen LogP contribution in [-0.2, 0) is 4.79 Å². The van der Waals surface area contributed by atoms with Gasteiger partial charge in [0.05, 0.1) is 11.5 Å². The molecule has 3 heterocycles. The van der Waals surface area contributed by atoms with E-state index >= 15 is 0 Å². The third-order valence-electron chi connectivity index (χ3n) is 5.60. The smallest absolute Gasteiger partial charge is 0.226 e. The van der Waals surface area contributed by atoms with Gasteiger partial charge >= 0.3 is 0 Å². The van der Waals surface area contributed by atoms with Crippen LogP contribution in [0.5, 0.6) is 0 Å². The number of nitriles is 1. The Morgan fingerprint density at radius 3 is 2.69 bits per heavy atom. The van der Waals surface area contributed by atoms with Crippen molar-refractivity contribution in [3.63, 3.8) is 0 Å². The molecule has 0 spiro atoms. The molecule has 0 atom stereocenters. The van der Waals surface area contributed by atoms with Crippen molar-refractivity contribution in [3.8, 4) is 6.07 Å². The van der Waals surface area contributed by atoms with Crippen molar-refractivity contribution < 1.29 is 4.79 Å². The second kappa shape index (κ2) is 6.84. The molecule has 6 nitrogen and oxygen atoms in total. The minimum Gasteiger partial charge on any atom is -0.356 e. The predicted octanol–water partition coefficient (Wildman–Crippen LogP) is 3.04. The van der Waals surface area contributed by atoms with E-state index in [1.807, 2.05) is 0 Å². The van der Waals surface area contributed by atoms with Crippen LogP contribution in [0.15, 0.2) is 6.33 Å². The van der Waals surface area contributed by atoms with Gasteiger partial charge in [0.2, 0.25) is 5.91 Å². The standard InChI is InChI=1S/C19H23N5OS/c1-12-13(2)26-18-16(12)17(21-11-22-18)23-8-5-14(6-9-23)19(25)24(10-7-20)15-3-4-15/h11,14-15H,3-6,8-10H2,1-2H3. The van der Waals surface area contributed by atoms with Crippen molar-refractivity contribution in [2.75, 3.05) is 24.5 Å². The molecule has 2 aromatic heterocycles. The maximum Gasteiger partial charge on any atom is 0.226 e. The zero-order valence-corrected chi connectivity index (χ0v) is 16.1. The topological polar surface area (TPSA) is 73.1 Å². The highest BCUT2D eigenvalue weighted by Crippen LogP contribution is 2.36. The van der Waals surface area contributed by atoms with Crippen LogP contribution in [0.1, 0.15) is 36.1 Å². The quantitative estimate of drug-likeness (QED) is 0.775. The van der Waals surface area contributed by atoms with Crippen molar-refractivity contribution in [1.29, 1.82) is 5.26 Å². The molecule has 136 valence electrons. The maximum atomic E-state index is 12.8. The Hall–Kier alpha value is -2.20. The lowest BCUT2D eigenvalue weighted by atomic mass is 9.95. The summed E-state index contributed by atoms with van der Waals surface area (Å²) in [6.07, 6.45) is 5.37. The molecule has 0 bridgehead atoms. The number of thiophene rings is 1. The summed E-state index contributed by atoms with van der Waals surface area (Å²) in [4.78, 5) is 28.2. The monoisotopic (exact) mass is 369 g/mol. The van der Waals surface area contributed by atoms with Crippen LogP contribution in [0.4, 0.5) is 5.82 Å². The van der Waals surface area contributed by atoms with Crippen LogP contribution >= 0.6 is 11.3 Å². The number of anilines is 1. The number of aromatic nitrogens is 2. The van der Waals surface area contributed by atoms with Gasteiger partial charge in [-0.2, -0.15) is 5.26 Å². The molecule has 2 fully saturated rings. The fourth-order valence-electron chi connectivity index (χ4n) is 3.83. The first kappa shape index (κ1) is 17.2. The highest BCUT2D eigenvalue weighted by molar-refractivity contribution is 7.18. The van der Waals surface area contributed by atoms with Crippen molar-refractivity contribution in [3.05, 3.63) is 16.8 Å². The van der Waals surface area contributed by atoms with Gasteiger partial charge in [0.15, 0.2) is 0 Å². The zero-order chi connectivity index (χ0) is 18.3. The number of piperidine rings is 1. The van der Waals surface area contributed by atoms with Crippen molar-refractivity contribution in [2.45, 2.75) is 45.6 Å². The summed E-state index contributed by atoms with van der Waals surface area (Å²) >= 11 is 1.71. The third-order valence-corrected chi connectivity index (χ3v) is 6.72. The Labute approximate surface area is 157 Å². The molecule has 26 heavy (non-hydrogen) atoms. The summed E-state index contributed by atoms with van der Waals surface area (Å²) in [6.45, 7) is 6.12. The summed E-state index contributed by atoms with van der Waals surface area (Å²) < 4.78 is 0. The van der Waals surface area contributed by atoms with Crippen LogP contribution in [0.3, 0.4) is 0 Å². The maximum absolute atomic E-state index is 12.8. The molecule has 7 heteroatoms. The van der Waals surface area contributed by atoms with Gasteiger partial charge in [0, 0.05) is 29.9 Å². The van der Waals surface area contributed by atoms with Gasteiger partial charge in [-0.25, -0.2) is 9.97 Å². The Morgan fingerprint density at radius 1 is 1.31 bits per heavy atom. The van der Waals surface area contributed by atoms with Crippen molar-refractivity contribution >= 4 is 33.3 Å².